The van der Waals surface area contributed by atoms with Gasteiger partial charge < -0.3 is 10.1 Å². The average Bonchev–Trinajstić information content (AvgIpc) is 2.76. The van der Waals surface area contributed by atoms with Gasteiger partial charge in [-0.05, 0) is 54.8 Å². The van der Waals surface area contributed by atoms with Crippen molar-refractivity contribution in [2.45, 2.75) is 24.3 Å². The van der Waals surface area contributed by atoms with E-state index in [2.05, 4.69) is 10.0 Å². The van der Waals surface area contributed by atoms with Crippen LogP contribution in [0.1, 0.15) is 11.1 Å². The van der Waals surface area contributed by atoms with Crippen LogP contribution in [0.3, 0.4) is 0 Å². The third-order valence-corrected chi connectivity index (χ3v) is 6.79. The number of aryl methyl sites for hydroxylation is 1. The molecular formula is C23H22Cl2N2O4S. The van der Waals surface area contributed by atoms with E-state index >= 15 is 0 Å². The molecule has 0 saturated heterocycles. The van der Waals surface area contributed by atoms with E-state index in [1.165, 1.54) is 25.3 Å². The van der Waals surface area contributed by atoms with Crippen LogP contribution >= 0.6 is 23.2 Å². The SMILES string of the molecule is COc1ccc(S(=O)(=O)N[C@@H](Cc2ccccc2)C(=O)Nc2cc(Cl)ccc2C)cc1Cl. The fourth-order valence-electron chi connectivity index (χ4n) is 3.06. The number of sulfonamides is 1. The fourth-order valence-corrected chi connectivity index (χ4v) is 4.77. The molecule has 9 heteroatoms. The van der Waals surface area contributed by atoms with E-state index in [9.17, 15) is 13.2 Å². The molecule has 0 aliphatic rings. The molecule has 0 aliphatic heterocycles. The average molecular weight is 493 g/mol. The molecule has 32 heavy (non-hydrogen) atoms. The molecule has 0 heterocycles. The van der Waals surface area contributed by atoms with E-state index in [0.29, 0.717) is 16.5 Å². The Morgan fingerprint density at radius 2 is 1.75 bits per heavy atom. The molecule has 2 N–H and O–H groups in total. The molecule has 3 aromatic rings. The second-order valence-corrected chi connectivity index (χ2v) is 9.67. The predicted octanol–water partition coefficient (Wildman–Crippen LogP) is 4.84. The van der Waals surface area contributed by atoms with Crippen LogP contribution in [-0.2, 0) is 21.2 Å². The van der Waals surface area contributed by atoms with Crippen LogP contribution in [0.5, 0.6) is 5.75 Å². The molecule has 3 aromatic carbocycles. The van der Waals surface area contributed by atoms with Gasteiger partial charge in [0, 0.05) is 10.7 Å². The van der Waals surface area contributed by atoms with Crippen LogP contribution in [0.2, 0.25) is 10.0 Å². The van der Waals surface area contributed by atoms with Gasteiger partial charge in [-0.2, -0.15) is 4.72 Å². The lowest BCUT2D eigenvalue weighted by Gasteiger charge is -2.20. The van der Waals surface area contributed by atoms with Crippen LogP contribution in [0, 0.1) is 6.92 Å². The van der Waals surface area contributed by atoms with Crippen molar-refractivity contribution in [3.63, 3.8) is 0 Å². The van der Waals surface area contributed by atoms with Gasteiger partial charge in [0.2, 0.25) is 15.9 Å². The Kier molecular flexibility index (Phi) is 7.79. The van der Waals surface area contributed by atoms with E-state index in [1.807, 2.05) is 37.3 Å². The number of rotatable bonds is 8. The molecule has 0 aliphatic carbocycles. The van der Waals surface area contributed by atoms with E-state index in [4.69, 9.17) is 27.9 Å². The van der Waals surface area contributed by atoms with Crippen molar-refractivity contribution in [1.29, 1.82) is 0 Å². The molecule has 6 nitrogen and oxygen atoms in total. The summed E-state index contributed by atoms with van der Waals surface area (Å²) in [5, 5.41) is 3.38. The van der Waals surface area contributed by atoms with Gasteiger partial charge in [-0.15, -0.1) is 0 Å². The highest BCUT2D eigenvalue weighted by atomic mass is 35.5. The molecule has 0 unspecified atom stereocenters. The Labute approximate surface area is 197 Å². The first kappa shape index (κ1) is 24.1. The number of ether oxygens (including phenoxy) is 1. The number of carbonyl (C=O) groups excluding carboxylic acids is 1. The molecule has 168 valence electrons. The third-order valence-electron chi connectivity index (χ3n) is 4.79. The predicted molar refractivity (Wildman–Crippen MR) is 127 cm³/mol. The summed E-state index contributed by atoms with van der Waals surface area (Å²) in [4.78, 5) is 13.1. The van der Waals surface area contributed by atoms with E-state index in [-0.39, 0.29) is 16.3 Å². The van der Waals surface area contributed by atoms with Crippen molar-refractivity contribution in [2.24, 2.45) is 0 Å². The highest BCUT2D eigenvalue weighted by Gasteiger charge is 2.27. The van der Waals surface area contributed by atoms with Gasteiger partial charge in [0.25, 0.3) is 0 Å². The lowest BCUT2D eigenvalue weighted by Crippen LogP contribution is -2.45. The minimum Gasteiger partial charge on any atom is -0.495 e. The summed E-state index contributed by atoms with van der Waals surface area (Å²) < 4.78 is 33.7. The van der Waals surface area contributed by atoms with E-state index in [1.54, 1.807) is 18.2 Å². The van der Waals surface area contributed by atoms with Crippen molar-refractivity contribution in [1.82, 2.24) is 4.72 Å². The minimum atomic E-state index is -4.06. The molecule has 0 bridgehead atoms. The third kappa shape index (κ3) is 6.01. The number of carbonyl (C=O) groups is 1. The standard InChI is InChI=1S/C23H22Cl2N2O4S/c1-15-8-9-17(24)13-20(15)26-23(28)21(12-16-6-4-3-5-7-16)27-32(29,30)18-10-11-22(31-2)19(25)14-18/h3-11,13-14,21,27H,12H2,1-2H3,(H,26,28)/t21-/m0/s1. The summed E-state index contributed by atoms with van der Waals surface area (Å²) in [6.07, 6.45) is 0.148. The largest absolute Gasteiger partial charge is 0.495 e. The Hall–Kier alpha value is -2.58. The number of hydrogen-bond acceptors (Lipinski definition) is 4. The quantitative estimate of drug-likeness (QED) is 0.471. The van der Waals surface area contributed by atoms with Gasteiger partial charge in [-0.3, -0.25) is 4.79 Å². The molecule has 0 saturated carbocycles. The smallest absolute Gasteiger partial charge is 0.242 e. The molecular weight excluding hydrogens is 471 g/mol. The molecule has 1 amide bonds. The normalized spacial score (nSPS) is 12.2. The highest BCUT2D eigenvalue weighted by molar-refractivity contribution is 7.89. The monoisotopic (exact) mass is 492 g/mol. The molecule has 3 rings (SSSR count). The highest BCUT2D eigenvalue weighted by Crippen LogP contribution is 2.27. The summed E-state index contributed by atoms with van der Waals surface area (Å²) >= 11 is 12.1. The zero-order valence-corrected chi connectivity index (χ0v) is 19.8. The number of benzene rings is 3. The first-order valence-electron chi connectivity index (χ1n) is 9.66. The first-order chi connectivity index (χ1) is 15.2. The van der Waals surface area contributed by atoms with Gasteiger partial charge in [-0.25, -0.2) is 8.42 Å². The topological polar surface area (TPSA) is 84.5 Å². The van der Waals surface area contributed by atoms with Crippen LogP contribution in [0.15, 0.2) is 71.6 Å². The molecule has 0 fully saturated rings. The van der Waals surface area contributed by atoms with E-state index < -0.39 is 22.0 Å². The lowest BCUT2D eigenvalue weighted by molar-refractivity contribution is -0.117. The number of anilines is 1. The summed E-state index contributed by atoms with van der Waals surface area (Å²) in [7, 11) is -2.62. The van der Waals surface area contributed by atoms with Crippen molar-refractivity contribution in [3.8, 4) is 5.75 Å². The zero-order valence-electron chi connectivity index (χ0n) is 17.4. The number of nitrogens with one attached hydrogen (secondary N) is 2. The van der Waals surface area contributed by atoms with Crippen LogP contribution in [-0.4, -0.2) is 27.5 Å². The van der Waals surface area contributed by atoms with Gasteiger partial charge >= 0.3 is 0 Å². The van der Waals surface area contributed by atoms with Gasteiger partial charge in [0.05, 0.1) is 17.0 Å². The molecule has 0 aromatic heterocycles. The number of amides is 1. The maximum absolute atomic E-state index is 13.1. The van der Waals surface area contributed by atoms with Crippen molar-refractivity contribution in [2.75, 3.05) is 12.4 Å². The van der Waals surface area contributed by atoms with Crippen LogP contribution < -0.4 is 14.8 Å². The molecule has 0 spiro atoms. The summed E-state index contributed by atoms with van der Waals surface area (Å²) in [5.74, 6) is -0.164. The second kappa shape index (κ2) is 10.4. The van der Waals surface area contributed by atoms with Gasteiger partial charge in [-0.1, -0.05) is 59.6 Å². The number of methoxy groups -OCH3 is 1. The minimum absolute atomic E-state index is 0.0758. The lowest BCUT2D eigenvalue weighted by atomic mass is 10.1. The molecule has 1 atom stereocenters. The summed E-state index contributed by atoms with van der Waals surface area (Å²) in [6.45, 7) is 1.82. The first-order valence-corrected chi connectivity index (χ1v) is 11.9. The van der Waals surface area contributed by atoms with Crippen LogP contribution in [0.25, 0.3) is 0 Å². The number of halogens is 2. The van der Waals surface area contributed by atoms with Crippen molar-refractivity contribution >= 4 is 44.8 Å². The van der Waals surface area contributed by atoms with Crippen molar-refractivity contribution in [3.05, 3.63) is 87.9 Å². The molecule has 0 radical (unpaired) electrons. The zero-order chi connectivity index (χ0) is 23.3. The number of hydrogen-bond donors (Lipinski definition) is 2. The van der Waals surface area contributed by atoms with Gasteiger partial charge in [0.1, 0.15) is 11.8 Å². The van der Waals surface area contributed by atoms with Crippen LogP contribution in [0.4, 0.5) is 5.69 Å². The maximum Gasteiger partial charge on any atom is 0.242 e. The second-order valence-electron chi connectivity index (χ2n) is 7.11. The Bertz CT molecular complexity index is 1220. The fraction of sp³-hybridized carbons (Fsp3) is 0.174. The van der Waals surface area contributed by atoms with Gasteiger partial charge in [0.15, 0.2) is 0 Å². The summed E-state index contributed by atoms with van der Waals surface area (Å²) in [6, 6.07) is 17.3. The Balaban J connectivity index is 1.90. The Morgan fingerprint density at radius 1 is 1.03 bits per heavy atom. The van der Waals surface area contributed by atoms with E-state index in [0.717, 1.165) is 11.1 Å². The summed E-state index contributed by atoms with van der Waals surface area (Å²) in [5.41, 5.74) is 2.10. The van der Waals surface area contributed by atoms with Crippen molar-refractivity contribution < 1.29 is 17.9 Å². The maximum atomic E-state index is 13.1. The Morgan fingerprint density at radius 3 is 2.41 bits per heavy atom.